The molecule has 0 saturated carbocycles. The van der Waals surface area contributed by atoms with Crippen molar-refractivity contribution in [3.8, 4) is 44.9 Å². The highest BCUT2D eigenvalue weighted by atomic mass is 16.5. The lowest BCUT2D eigenvalue weighted by molar-refractivity contribution is 0.436. The molecule has 10 aromatic carbocycles. The Morgan fingerprint density at radius 3 is 1.31 bits per heavy atom. The molecular weight excluding hydrogens is 775 g/mol. The summed E-state index contributed by atoms with van der Waals surface area (Å²) >= 11 is 0. The zero-order chi connectivity index (χ0) is 42.2. The Morgan fingerprint density at radius 2 is 0.688 bits per heavy atom. The van der Waals surface area contributed by atoms with Gasteiger partial charge >= 0.3 is 0 Å². The Morgan fingerprint density at radius 1 is 0.266 bits per heavy atom. The van der Waals surface area contributed by atoms with Crippen LogP contribution in [0.5, 0.6) is 11.5 Å². The molecule has 64 heavy (non-hydrogen) atoms. The molecule has 0 saturated heterocycles. The van der Waals surface area contributed by atoms with Gasteiger partial charge in [-0.15, -0.1) is 0 Å². The fraction of sp³-hybridized carbons (Fsp3) is 0.0323. The summed E-state index contributed by atoms with van der Waals surface area (Å²) < 4.78 is 6.70. The molecular formula is C62H41NO. The van der Waals surface area contributed by atoms with Gasteiger partial charge in [0, 0.05) is 28.2 Å². The van der Waals surface area contributed by atoms with Crippen LogP contribution in [-0.4, -0.2) is 0 Å². The van der Waals surface area contributed by atoms with E-state index in [0.29, 0.717) is 0 Å². The molecule has 1 spiro atoms. The molecule has 13 rings (SSSR count). The highest BCUT2D eigenvalue weighted by Gasteiger charge is 2.51. The van der Waals surface area contributed by atoms with E-state index in [0.717, 1.165) is 39.7 Å². The quantitative estimate of drug-likeness (QED) is 0.166. The van der Waals surface area contributed by atoms with Gasteiger partial charge in [-0.05, 0) is 115 Å². The highest BCUT2D eigenvalue weighted by molar-refractivity contribution is 5.93. The van der Waals surface area contributed by atoms with Gasteiger partial charge in [-0.3, -0.25) is 0 Å². The second kappa shape index (κ2) is 14.2. The third kappa shape index (κ3) is 5.08. The van der Waals surface area contributed by atoms with E-state index in [1.54, 1.807) is 0 Å². The van der Waals surface area contributed by atoms with Crippen LogP contribution < -0.4 is 9.64 Å². The molecule has 0 bridgehead atoms. The number of para-hydroxylation sites is 2. The third-order valence-electron chi connectivity index (χ3n) is 14.0. The first-order valence-corrected chi connectivity index (χ1v) is 22.2. The number of ether oxygens (including phenoxy) is 1. The molecule has 0 radical (unpaired) electrons. The third-order valence-corrected chi connectivity index (χ3v) is 14.0. The van der Waals surface area contributed by atoms with Crippen LogP contribution in [0, 0.1) is 0 Å². The Labute approximate surface area is 374 Å². The summed E-state index contributed by atoms with van der Waals surface area (Å²) in [5.41, 5.74) is 19.5. The normalized spacial score (nSPS) is 14.0. The number of fused-ring (bicyclic) bond motifs is 12. The summed E-state index contributed by atoms with van der Waals surface area (Å²) in [4.78, 5) is 2.46. The average molecular weight is 816 g/mol. The van der Waals surface area contributed by atoms with E-state index in [-0.39, 0.29) is 0 Å². The van der Waals surface area contributed by atoms with Gasteiger partial charge in [-0.2, -0.15) is 0 Å². The van der Waals surface area contributed by atoms with Crippen molar-refractivity contribution in [1.29, 1.82) is 0 Å². The van der Waals surface area contributed by atoms with Crippen molar-refractivity contribution in [2.75, 3.05) is 4.90 Å². The van der Waals surface area contributed by atoms with Crippen LogP contribution in [0.1, 0.15) is 44.5 Å². The molecule has 1 heterocycles. The largest absolute Gasteiger partial charge is 0.457 e. The number of benzene rings is 10. The van der Waals surface area contributed by atoms with Crippen molar-refractivity contribution in [2.24, 2.45) is 0 Å². The zero-order valence-electron chi connectivity index (χ0n) is 35.0. The van der Waals surface area contributed by atoms with Crippen LogP contribution >= 0.6 is 0 Å². The van der Waals surface area contributed by atoms with Gasteiger partial charge in [0.15, 0.2) is 0 Å². The SMILES string of the molecule is c1ccc(-c2ccc(N(c3ccc4c(c3)-c3ccccc3C4(c3ccccc3)c3ccccc3)c3ccc4c(c3)C3(c5ccccc5Oc5ccccc53)c3ccccc3-4)cc2)cc1. The number of nitrogens with zero attached hydrogens (tertiary/aromatic N) is 1. The van der Waals surface area contributed by atoms with Crippen molar-refractivity contribution >= 4 is 17.1 Å². The van der Waals surface area contributed by atoms with Gasteiger partial charge in [0.1, 0.15) is 11.5 Å². The van der Waals surface area contributed by atoms with Crippen molar-refractivity contribution in [3.63, 3.8) is 0 Å². The lowest BCUT2D eigenvalue weighted by Crippen LogP contribution is -2.32. The highest BCUT2D eigenvalue weighted by Crippen LogP contribution is 2.63. The predicted molar refractivity (Wildman–Crippen MR) is 261 cm³/mol. The van der Waals surface area contributed by atoms with E-state index in [1.807, 2.05) is 0 Å². The summed E-state index contributed by atoms with van der Waals surface area (Å²) in [6, 6.07) is 91.2. The predicted octanol–water partition coefficient (Wildman–Crippen LogP) is 15.7. The van der Waals surface area contributed by atoms with Crippen molar-refractivity contribution in [1.82, 2.24) is 0 Å². The van der Waals surface area contributed by atoms with Crippen LogP contribution in [0.2, 0.25) is 0 Å². The minimum atomic E-state index is -0.585. The maximum absolute atomic E-state index is 6.70. The van der Waals surface area contributed by atoms with Gasteiger partial charge in [0.2, 0.25) is 0 Å². The summed E-state index contributed by atoms with van der Waals surface area (Å²) in [6.45, 7) is 0. The van der Waals surface area contributed by atoms with E-state index in [1.165, 1.54) is 66.8 Å². The smallest absolute Gasteiger partial charge is 0.132 e. The maximum Gasteiger partial charge on any atom is 0.132 e. The van der Waals surface area contributed by atoms with Crippen LogP contribution in [0.4, 0.5) is 17.1 Å². The van der Waals surface area contributed by atoms with E-state index in [4.69, 9.17) is 4.74 Å². The molecule has 0 atom stereocenters. The van der Waals surface area contributed by atoms with Crippen molar-refractivity contribution in [2.45, 2.75) is 10.8 Å². The maximum atomic E-state index is 6.70. The molecule has 300 valence electrons. The van der Waals surface area contributed by atoms with Gasteiger partial charge in [0.05, 0.1) is 10.8 Å². The molecule has 2 nitrogen and oxygen atoms in total. The van der Waals surface area contributed by atoms with E-state index in [2.05, 4.69) is 254 Å². The second-order valence-corrected chi connectivity index (χ2v) is 17.1. The average Bonchev–Trinajstić information content (AvgIpc) is 3.83. The minimum Gasteiger partial charge on any atom is -0.457 e. The molecule has 0 unspecified atom stereocenters. The fourth-order valence-electron chi connectivity index (χ4n) is 11.4. The number of anilines is 3. The van der Waals surface area contributed by atoms with Crippen LogP contribution in [0.15, 0.2) is 249 Å². The van der Waals surface area contributed by atoms with Gasteiger partial charge in [-0.1, -0.05) is 200 Å². The van der Waals surface area contributed by atoms with Crippen LogP contribution in [0.3, 0.4) is 0 Å². The first-order chi connectivity index (χ1) is 31.7. The number of hydrogen-bond acceptors (Lipinski definition) is 2. The number of hydrogen-bond donors (Lipinski definition) is 0. The lowest BCUT2D eigenvalue weighted by atomic mass is 9.66. The van der Waals surface area contributed by atoms with Gasteiger partial charge < -0.3 is 9.64 Å². The monoisotopic (exact) mass is 815 g/mol. The minimum absolute atomic E-state index is 0.481. The molecule has 1 aliphatic heterocycles. The van der Waals surface area contributed by atoms with Gasteiger partial charge in [-0.25, -0.2) is 0 Å². The Hall–Kier alpha value is -8.20. The number of rotatable bonds is 6. The summed E-state index contributed by atoms with van der Waals surface area (Å²) in [5, 5.41) is 0. The van der Waals surface area contributed by atoms with Crippen molar-refractivity contribution in [3.05, 3.63) is 293 Å². The molecule has 0 fully saturated rings. The van der Waals surface area contributed by atoms with Crippen LogP contribution in [-0.2, 0) is 10.8 Å². The molecule has 2 heteroatoms. The first kappa shape index (κ1) is 36.5. The molecule has 0 aromatic heterocycles. The van der Waals surface area contributed by atoms with E-state index in [9.17, 15) is 0 Å². The Bertz CT molecular complexity index is 3320. The van der Waals surface area contributed by atoms with Crippen molar-refractivity contribution < 1.29 is 4.74 Å². The standard InChI is InChI=1S/C62H41NO/c1-4-18-42(19-5-1)43-32-34-46(35-33-43)63(47-37-39-55-52(40-47)50-25-11-12-26-53(50)61(55,44-20-6-2-7-21-44)45-22-8-3-9-23-45)48-36-38-51-49-24-10-13-27-54(49)62(58(51)41-48)56-28-14-16-30-59(56)64-60-31-17-15-29-57(60)62/h1-41H. The molecule has 3 aliphatic rings. The van der Waals surface area contributed by atoms with Gasteiger partial charge in [0.25, 0.3) is 0 Å². The zero-order valence-corrected chi connectivity index (χ0v) is 35.0. The lowest BCUT2D eigenvalue weighted by Gasteiger charge is -2.39. The molecule has 2 aliphatic carbocycles. The Kier molecular flexibility index (Phi) is 8.07. The molecule has 0 N–H and O–H groups in total. The van der Waals surface area contributed by atoms with Crippen LogP contribution in [0.25, 0.3) is 33.4 Å². The second-order valence-electron chi connectivity index (χ2n) is 17.1. The fourth-order valence-corrected chi connectivity index (χ4v) is 11.4. The van der Waals surface area contributed by atoms with E-state index < -0.39 is 10.8 Å². The first-order valence-electron chi connectivity index (χ1n) is 22.2. The summed E-state index contributed by atoms with van der Waals surface area (Å²) in [7, 11) is 0. The molecule has 10 aromatic rings. The van der Waals surface area contributed by atoms with E-state index >= 15 is 0 Å². The summed E-state index contributed by atoms with van der Waals surface area (Å²) in [5.74, 6) is 1.78. The topological polar surface area (TPSA) is 12.5 Å². The Balaban J connectivity index is 1.06. The summed E-state index contributed by atoms with van der Waals surface area (Å²) in [6.07, 6.45) is 0. The molecule has 0 amide bonds.